The molecule has 0 radical (unpaired) electrons. The van der Waals surface area contributed by atoms with Crippen molar-refractivity contribution in [2.75, 3.05) is 14.2 Å². The van der Waals surface area contributed by atoms with Crippen molar-refractivity contribution in [3.05, 3.63) is 60.2 Å². The SMILES string of the molecule is COc1ccc(C(=O)NCc2cncc(-c3cnn(C)c3)c2)c(OC)c1. The Bertz CT molecular complexity index is 921. The van der Waals surface area contributed by atoms with Crippen LogP contribution < -0.4 is 14.8 Å². The molecule has 2 heterocycles. The molecule has 0 fully saturated rings. The summed E-state index contributed by atoms with van der Waals surface area (Å²) in [5, 5.41) is 7.06. The Hall–Kier alpha value is -3.35. The third-order valence-corrected chi connectivity index (χ3v) is 3.94. The third-order valence-electron chi connectivity index (χ3n) is 3.94. The minimum Gasteiger partial charge on any atom is -0.497 e. The highest BCUT2D eigenvalue weighted by Crippen LogP contribution is 2.24. The number of carbonyl (C=O) groups is 1. The van der Waals surface area contributed by atoms with E-state index in [2.05, 4.69) is 15.4 Å². The number of pyridine rings is 1. The maximum Gasteiger partial charge on any atom is 0.255 e. The second-order valence-electron chi connectivity index (χ2n) is 5.73. The molecule has 0 spiro atoms. The predicted octanol–water partition coefficient (Wildman–Crippen LogP) is 2.43. The molecule has 1 amide bonds. The van der Waals surface area contributed by atoms with Crippen LogP contribution in [-0.2, 0) is 13.6 Å². The molecule has 3 rings (SSSR count). The van der Waals surface area contributed by atoms with Gasteiger partial charge < -0.3 is 14.8 Å². The highest BCUT2D eigenvalue weighted by molar-refractivity contribution is 5.97. The Kier molecular flexibility index (Phi) is 5.17. The largest absolute Gasteiger partial charge is 0.497 e. The van der Waals surface area contributed by atoms with Crippen molar-refractivity contribution >= 4 is 5.91 Å². The minimum atomic E-state index is -0.226. The number of aromatic nitrogens is 3. The van der Waals surface area contributed by atoms with Gasteiger partial charge in [0.15, 0.2) is 0 Å². The number of nitrogens with one attached hydrogen (secondary N) is 1. The average molecular weight is 352 g/mol. The van der Waals surface area contributed by atoms with Gasteiger partial charge in [-0.1, -0.05) is 0 Å². The van der Waals surface area contributed by atoms with E-state index in [1.54, 1.807) is 48.6 Å². The lowest BCUT2D eigenvalue weighted by Crippen LogP contribution is -2.23. The fourth-order valence-corrected chi connectivity index (χ4v) is 2.58. The number of ether oxygens (including phenoxy) is 2. The van der Waals surface area contributed by atoms with E-state index in [1.165, 1.54) is 7.11 Å². The van der Waals surface area contributed by atoms with Crippen molar-refractivity contribution in [3.8, 4) is 22.6 Å². The van der Waals surface area contributed by atoms with Gasteiger partial charge in [-0.3, -0.25) is 14.5 Å². The van der Waals surface area contributed by atoms with Crippen LogP contribution in [0.1, 0.15) is 15.9 Å². The molecule has 0 saturated heterocycles. The lowest BCUT2D eigenvalue weighted by Gasteiger charge is -2.11. The topological polar surface area (TPSA) is 78.3 Å². The maximum absolute atomic E-state index is 12.5. The molecule has 0 aliphatic carbocycles. The lowest BCUT2D eigenvalue weighted by molar-refractivity contribution is 0.0948. The van der Waals surface area contributed by atoms with Crippen molar-refractivity contribution < 1.29 is 14.3 Å². The summed E-state index contributed by atoms with van der Waals surface area (Å²) in [6, 6.07) is 7.06. The van der Waals surface area contributed by atoms with Crippen LogP contribution in [0.4, 0.5) is 0 Å². The van der Waals surface area contributed by atoms with Crippen LogP contribution in [0.5, 0.6) is 11.5 Å². The van der Waals surface area contributed by atoms with Crippen LogP contribution in [0.3, 0.4) is 0 Å². The number of aryl methyl sites for hydroxylation is 1. The fourth-order valence-electron chi connectivity index (χ4n) is 2.58. The van der Waals surface area contributed by atoms with Crippen molar-refractivity contribution in [2.24, 2.45) is 7.05 Å². The molecule has 0 saturated carbocycles. The second kappa shape index (κ2) is 7.69. The normalized spacial score (nSPS) is 10.4. The number of rotatable bonds is 6. The number of methoxy groups -OCH3 is 2. The minimum absolute atomic E-state index is 0.226. The zero-order chi connectivity index (χ0) is 18.5. The molecule has 134 valence electrons. The van der Waals surface area contributed by atoms with E-state index < -0.39 is 0 Å². The maximum atomic E-state index is 12.5. The predicted molar refractivity (Wildman–Crippen MR) is 97.2 cm³/mol. The first-order valence-corrected chi connectivity index (χ1v) is 8.04. The molecule has 0 atom stereocenters. The van der Waals surface area contributed by atoms with Crippen LogP contribution in [0.15, 0.2) is 49.1 Å². The van der Waals surface area contributed by atoms with Gasteiger partial charge in [-0.25, -0.2) is 0 Å². The zero-order valence-electron chi connectivity index (χ0n) is 14.9. The Morgan fingerprint density at radius 3 is 2.65 bits per heavy atom. The second-order valence-corrected chi connectivity index (χ2v) is 5.73. The summed E-state index contributed by atoms with van der Waals surface area (Å²) in [5.74, 6) is 0.868. The van der Waals surface area contributed by atoms with E-state index in [-0.39, 0.29) is 5.91 Å². The van der Waals surface area contributed by atoms with Crippen molar-refractivity contribution in [2.45, 2.75) is 6.54 Å². The van der Waals surface area contributed by atoms with Crippen LogP contribution >= 0.6 is 0 Å². The summed E-state index contributed by atoms with van der Waals surface area (Å²) >= 11 is 0. The number of hydrogen-bond donors (Lipinski definition) is 1. The molecule has 0 unspecified atom stereocenters. The van der Waals surface area contributed by atoms with Gasteiger partial charge in [0.2, 0.25) is 0 Å². The summed E-state index contributed by atoms with van der Waals surface area (Å²) in [5.41, 5.74) is 3.27. The first-order chi connectivity index (χ1) is 12.6. The molecule has 2 aromatic heterocycles. The van der Waals surface area contributed by atoms with Gasteiger partial charge in [-0.15, -0.1) is 0 Å². The van der Waals surface area contributed by atoms with Crippen LogP contribution in [-0.4, -0.2) is 34.9 Å². The van der Waals surface area contributed by atoms with Crippen molar-refractivity contribution in [1.29, 1.82) is 0 Å². The average Bonchev–Trinajstić information content (AvgIpc) is 3.12. The molecular weight excluding hydrogens is 332 g/mol. The monoisotopic (exact) mass is 352 g/mol. The molecule has 0 bridgehead atoms. The van der Waals surface area contributed by atoms with E-state index in [1.807, 2.05) is 19.3 Å². The van der Waals surface area contributed by atoms with E-state index in [0.717, 1.165) is 16.7 Å². The van der Waals surface area contributed by atoms with Crippen LogP contribution in [0, 0.1) is 0 Å². The Labute approximate surface area is 151 Å². The summed E-state index contributed by atoms with van der Waals surface area (Å²) in [6.07, 6.45) is 7.20. The Morgan fingerprint density at radius 1 is 1.12 bits per heavy atom. The van der Waals surface area contributed by atoms with E-state index in [4.69, 9.17) is 9.47 Å². The molecular formula is C19H20N4O3. The van der Waals surface area contributed by atoms with E-state index in [9.17, 15) is 4.79 Å². The van der Waals surface area contributed by atoms with Gasteiger partial charge in [-0.2, -0.15) is 5.10 Å². The quantitative estimate of drug-likeness (QED) is 0.737. The van der Waals surface area contributed by atoms with Gasteiger partial charge in [-0.05, 0) is 23.8 Å². The highest BCUT2D eigenvalue weighted by Gasteiger charge is 2.13. The number of benzene rings is 1. The van der Waals surface area contributed by atoms with Crippen LogP contribution in [0.2, 0.25) is 0 Å². The molecule has 7 nitrogen and oxygen atoms in total. The molecule has 3 aromatic rings. The summed E-state index contributed by atoms with van der Waals surface area (Å²) in [7, 11) is 4.95. The zero-order valence-corrected chi connectivity index (χ0v) is 14.9. The number of nitrogens with zero attached hydrogens (tertiary/aromatic N) is 3. The first kappa shape index (κ1) is 17.5. The lowest BCUT2D eigenvalue weighted by atomic mass is 10.1. The molecule has 0 aliphatic rings. The number of carbonyl (C=O) groups excluding carboxylic acids is 1. The Balaban J connectivity index is 1.72. The van der Waals surface area contributed by atoms with Gasteiger partial charge >= 0.3 is 0 Å². The van der Waals surface area contributed by atoms with Gasteiger partial charge in [0.25, 0.3) is 5.91 Å². The number of amides is 1. The summed E-state index contributed by atoms with van der Waals surface area (Å²) < 4.78 is 12.2. The molecule has 7 heteroatoms. The smallest absolute Gasteiger partial charge is 0.255 e. The van der Waals surface area contributed by atoms with Crippen LogP contribution in [0.25, 0.3) is 11.1 Å². The van der Waals surface area contributed by atoms with Crippen molar-refractivity contribution in [3.63, 3.8) is 0 Å². The van der Waals surface area contributed by atoms with Gasteiger partial charge in [0, 0.05) is 49.4 Å². The third kappa shape index (κ3) is 3.83. The highest BCUT2D eigenvalue weighted by atomic mass is 16.5. The summed E-state index contributed by atoms with van der Waals surface area (Å²) in [6.45, 7) is 0.356. The van der Waals surface area contributed by atoms with E-state index >= 15 is 0 Å². The van der Waals surface area contributed by atoms with Gasteiger partial charge in [0.05, 0.1) is 26.0 Å². The molecule has 26 heavy (non-hydrogen) atoms. The molecule has 0 aliphatic heterocycles. The van der Waals surface area contributed by atoms with Crippen molar-refractivity contribution in [1.82, 2.24) is 20.1 Å². The van der Waals surface area contributed by atoms with E-state index in [0.29, 0.717) is 23.6 Å². The molecule has 1 N–H and O–H groups in total. The standard InChI is InChI=1S/C19H20N4O3/c1-23-12-15(11-22-23)14-6-13(8-20-10-14)9-21-19(24)17-5-4-16(25-2)7-18(17)26-3/h4-8,10-12H,9H2,1-3H3,(H,21,24). The fraction of sp³-hybridized carbons (Fsp3) is 0.211. The first-order valence-electron chi connectivity index (χ1n) is 8.04. The molecule has 1 aromatic carbocycles. The van der Waals surface area contributed by atoms with Gasteiger partial charge in [0.1, 0.15) is 11.5 Å². The summed E-state index contributed by atoms with van der Waals surface area (Å²) in [4.78, 5) is 16.7. The Morgan fingerprint density at radius 2 is 1.96 bits per heavy atom. The number of hydrogen-bond acceptors (Lipinski definition) is 5.